The summed E-state index contributed by atoms with van der Waals surface area (Å²) in [7, 11) is -3.42. The first-order valence-electron chi connectivity index (χ1n) is 8.14. The topological polar surface area (TPSA) is 59.1 Å². The van der Waals surface area contributed by atoms with Crippen LogP contribution in [0.15, 0.2) is 18.2 Å². The Morgan fingerprint density at radius 2 is 2.09 bits per heavy atom. The molecule has 1 atom stereocenters. The molecule has 2 aliphatic rings. The molecule has 0 saturated carbocycles. The van der Waals surface area contributed by atoms with Crippen molar-refractivity contribution in [2.24, 2.45) is 5.92 Å². The summed E-state index contributed by atoms with van der Waals surface area (Å²) >= 11 is 0. The van der Waals surface area contributed by atoms with E-state index in [1.165, 1.54) is 4.31 Å². The number of ether oxygens (including phenoxy) is 2. The molecule has 0 radical (unpaired) electrons. The van der Waals surface area contributed by atoms with E-state index in [4.69, 9.17) is 9.47 Å². The van der Waals surface area contributed by atoms with Crippen LogP contribution in [0.25, 0.3) is 0 Å². The number of piperidine rings is 1. The lowest BCUT2D eigenvalue weighted by Gasteiger charge is -2.34. The van der Waals surface area contributed by atoms with E-state index in [-0.39, 0.29) is 6.79 Å². The minimum Gasteiger partial charge on any atom is -0.454 e. The van der Waals surface area contributed by atoms with E-state index in [1.54, 1.807) is 4.31 Å². The van der Waals surface area contributed by atoms with Gasteiger partial charge in [-0.05, 0) is 36.5 Å². The van der Waals surface area contributed by atoms with E-state index in [0.717, 1.165) is 18.4 Å². The number of rotatable bonds is 5. The molecule has 128 valence electrons. The monoisotopic (exact) mass is 340 g/mol. The summed E-state index contributed by atoms with van der Waals surface area (Å²) in [6, 6.07) is 5.59. The second-order valence-corrected chi connectivity index (χ2v) is 8.16. The zero-order valence-corrected chi connectivity index (χ0v) is 14.5. The lowest BCUT2D eigenvalue weighted by atomic mass is 10.0. The number of nitrogens with zero attached hydrogens (tertiary/aromatic N) is 2. The van der Waals surface area contributed by atoms with Crippen LogP contribution in [0.4, 0.5) is 0 Å². The van der Waals surface area contributed by atoms with Gasteiger partial charge in [-0.15, -0.1) is 0 Å². The lowest BCUT2D eigenvalue weighted by Crippen LogP contribution is -2.47. The average molecular weight is 340 g/mol. The number of hydrogen-bond acceptors (Lipinski definition) is 4. The highest BCUT2D eigenvalue weighted by Crippen LogP contribution is 2.33. The molecule has 1 aromatic carbocycles. The summed E-state index contributed by atoms with van der Waals surface area (Å²) < 4.78 is 39.6. The van der Waals surface area contributed by atoms with Crippen molar-refractivity contribution in [2.45, 2.75) is 33.2 Å². The first-order chi connectivity index (χ1) is 11.0. The number of fused-ring (bicyclic) bond motifs is 1. The fourth-order valence-electron chi connectivity index (χ4n) is 3.12. The van der Waals surface area contributed by atoms with Crippen LogP contribution < -0.4 is 9.47 Å². The largest absolute Gasteiger partial charge is 0.454 e. The van der Waals surface area contributed by atoms with Gasteiger partial charge in [-0.25, -0.2) is 0 Å². The van der Waals surface area contributed by atoms with Gasteiger partial charge in [0.15, 0.2) is 11.5 Å². The van der Waals surface area contributed by atoms with Gasteiger partial charge >= 0.3 is 0 Å². The van der Waals surface area contributed by atoms with Crippen LogP contribution >= 0.6 is 0 Å². The Bertz CT molecular complexity index is 662. The SMILES string of the molecule is CCN(Cc1ccc2c(c1)OCO2)S(=O)(=O)N1CCCC(C)C1. The molecule has 1 aromatic rings. The molecule has 2 aliphatic heterocycles. The standard InChI is InChI=1S/C16H24N2O4S/c1-3-17(23(19,20)18-8-4-5-13(2)10-18)11-14-6-7-15-16(9-14)22-12-21-15/h6-7,9,13H,3-5,8,10-12H2,1-2H3. The van der Waals surface area contributed by atoms with Crippen molar-refractivity contribution in [1.82, 2.24) is 8.61 Å². The summed E-state index contributed by atoms with van der Waals surface area (Å²) in [5.74, 6) is 1.81. The quantitative estimate of drug-likeness (QED) is 0.825. The van der Waals surface area contributed by atoms with E-state index in [1.807, 2.05) is 25.1 Å². The van der Waals surface area contributed by atoms with Crippen LogP contribution in [0, 0.1) is 5.92 Å². The molecule has 3 rings (SSSR count). The highest BCUT2D eigenvalue weighted by Gasteiger charge is 2.32. The molecule has 2 heterocycles. The molecule has 0 aromatic heterocycles. The molecule has 6 nitrogen and oxygen atoms in total. The molecule has 0 bridgehead atoms. The Labute approximate surface area is 138 Å². The molecule has 7 heteroatoms. The van der Waals surface area contributed by atoms with Crippen molar-refractivity contribution in [3.8, 4) is 11.5 Å². The summed E-state index contributed by atoms with van der Waals surface area (Å²) in [6.07, 6.45) is 2.03. The van der Waals surface area contributed by atoms with Gasteiger partial charge in [0.05, 0.1) is 0 Å². The molecule has 0 aliphatic carbocycles. The Morgan fingerprint density at radius 3 is 2.83 bits per heavy atom. The maximum Gasteiger partial charge on any atom is 0.282 e. The molecular weight excluding hydrogens is 316 g/mol. The highest BCUT2D eigenvalue weighted by atomic mass is 32.2. The van der Waals surface area contributed by atoms with E-state index < -0.39 is 10.2 Å². The van der Waals surface area contributed by atoms with Gasteiger partial charge in [0.1, 0.15) is 0 Å². The number of benzene rings is 1. The number of hydrogen-bond donors (Lipinski definition) is 0. The van der Waals surface area contributed by atoms with Gasteiger partial charge in [0.25, 0.3) is 10.2 Å². The Kier molecular flexibility index (Phi) is 4.79. The van der Waals surface area contributed by atoms with Gasteiger partial charge in [-0.3, -0.25) is 0 Å². The second-order valence-electron chi connectivity index (χ2n) is 6.23. The summed E-state index contributed by atoms with van der Waals surface area (Å²) in [6.45, 7) is 6.22. The molecule has 0 amide bonds. The molecule has 1 fully saturated rings. The van der Waals surface area contributed by atoms with Crippen LogP contribution in [0.1, 0.15) is 32.3 Å². The predicted octanol–water partition coefficient (Wildman–Crippen LogP) is 2.21. The minimum atomic E-state index is -3.42. The van der Waals surface area contributed by atoms with Crippen molar-refractivity contribution in [1.29, 1.82) is 0 Å². The van der Waals surface area contributed by atoms with Gasteiger partial charge < -0.3 is 9.47 Å². The fourth-order valence-corrected chi connectivity index (χ4v) is 4.89. The van der Waals surface area contributed by atoms with Crippen LogP contribution in [0.3, 0.4) is 0 Å². The first kappa shape index (κ1) is 16.5. The maximum atomic E-state index is 12.9. The summed E-state index contributed by atoms with van der Waals surface area (Å²) in [5.41, 5.74) is 0.907. The van der Waals surface area contributed by atoms with Crippen molar-refractivity contribution < 1.29 is 17.9 Å². The molecular formula is C16H24N2O4S. The first-order valence-corrected chi connectivity index (χ1v) is 9.54. The van der Waals surface area contributed by atoms with Crippen molar-refractivity contribution in [2.75, 3.05) is 26.4 Å². The van der Waals surface area contributed by atoms with E-state index in [2.05, 4.69) is 6.92 Å². The van der Waals surface area contributed by atoms with Crippen molar-refractivity contribution in [3.05, 3.63) is 23.8 Å². The lowest BCUT2D eigenvalue weighted by molar-refractivity contribution is 0.174. The van der Waals surface area contributed by atoms with Crippen LogP contribution in [-0.2, 0) is 16.8 Å². The maximum absolute atomic E-state index is 12.9. The third-order valence-electron chi connectivity index (χ3n) is 4.42. The van der Waals surface area contributed by atoms with Crippen LogP contribution in [0.5, 0.6) is 11.5 Å². The third kappa shape index (κ3) is 3.46. The molecule has 1 unspecified atom stereocenters. The van der Waals surface area contributed by atoms with Crippen molar-refractivity contribution >= 4 is 10.2 Å². The van der Waals surface area contributed by atoms with Gasteiger partial charge in [-0.2, -0.15) is 17.0 Å². The Hall–Kier alpha value is -1.31. The van der Waals surface area contributed by atoms with Gasteiger partial charge in [0, 0.05) is 26.2 Å². The third-order valence-corrected chi connectivity index (χ3v) is 6.45. The van der Waals surface area contributed by atoms with E-state index in [9.17, 15) is 8.42 Å². The Balaban J connectivity index is 1.76. The van der Waals surface area contributed by atoms with Gasteiger partial charge in [0.2, 0.25) is 6.79 Å². The van der Waals surface area contributed by atoms with E-state index in [0.29, 0.717) is 43.6 Å². The molecule has 0 spiro atoms. The van der Waals surface area contributed by atoms with Crippen LogP contribution in [-0.4, -0.2) is 43.5 Å². The van der Waals surface area contributed by atoms with Crippen LogP contribution in [0.2, 0.25) is 0 Å². The second kappa shape index (κ2) is 6.67. The Morgan fingerprint density at radius 1 is 1.30 bits per heavy atom. The molecule has 23 heavy (non-hydrogen) atoms. The van der Waals surface area contributed by atoms with E-state index >= 15 is 0 Å². The van der Waals surface area contributed by atoms with Crippen molar-refractivity contribution in [3.63, 3.8) is 0 Å². The zero-order chi connectivity index (χ0) is 16.4. The highest BCUT2D eigenvalue weighted by molar-refractivity contribution is 7.86. The average Bonchev–Trinajstić information content (AvgIpc) is 3.00. The normalized spacial score (nSPS) is 21.8. The summed E-state index contributed by atoms with van der Waals surface area (Å²) in [5, 5.41) is 0. The summed E-state index contributed by atoms with van der Waals surface area (Å²) in [4.78, 5) is 0. The smallest absolute Gasteiger partial charge is 0.282 e. The predicted molar refractivity (Wildman–Crippen MR) is 87.5 cm³/mol. The molecule has 0 N–H and O–H groups in total. The molecule has 1 saturated heterocycles. The van der Waals surface area contributed by atoms with Gasteiger partial charge in [-0.1, -0.05) is 19.9 Å². The zero-order valence-electron chi connectivity index (χ0n) is 13.7. The minimum absolute atomic E-state index is 0.222. The fraction of sp³-hybridized carbons (Fsp3) is 0.625.